The minimum Gasteiger partial charge on any atom is -0.493 e. The summed E-state index contributed by atoms with van der Waals surface area (Å²) in [6.07, 6.45) is 4.77. The first-order valence-corrected chi connectivity index (χ1v) is 6.82. The first kappa shape index (κ1) is 16.1. The smallest absolute Gasteiger partial charge is 0.328 e. The molecule has 20 heavy (non-hydrogen) atoms. The molecule has 1 rings (SSSR count). The average molecular weight is 278 g/mol. The van der Waals surface area contributed by atoms with Crippen LogP contribution in [0.1, 0.15) is 32.3 Å². The van der Waals surface area contributed by atoms with Gasteiger partial charge in [-0.05, 0) is 29.7 Å². The van der Waals surface area contributed by atoms with Crippen LogP contribution in [0.25, 0.3) is 6.08 Å². The van der Waals surface area contributed by atoms with Crippen molar-refractivity contribution in [2.24, 2.45) is 5.92 Å². The molecular formula is C16H22O4. The third-order valence-corrected chi connectivity index (χ3v) is 3.24. The fourth-order valence-electron chi connectivity index (χ4n) is 1.81. The van der Waals surface area contributed by atoms with E-state index >= 15 is 0 Å². The Morgan fingerprint density at radius 1 is 1.30 bits per heavy atom. The molecule has 0 radical (unpaired) electrons. The molecular weight excluding hydrogens is 256 g/mol. The van der Waals surface area contributed by atoms with Crippen molar-refractivity contribution in [1.29, 1.82) is 0 Å². The van der Waals surface area contributed by atoms with E-state index in [-0.39, 0.29) is 0 Å². The average Bonchev–Trinajstić information content (AvgIpc) is 2.46. The van der Waals surface area contributed by atoms with Crippen LogP contribution in [-0.4, -0.2) is 24.8 Å². The van der Waals surface area contributed by atoms with Gasteiger partial charge in [-0.1, -0.05) is 32.8 Å². The topological polar surface area (TPSA) is 55.8 Å². The molecule has 0 aliphatic carbocycles. The van der Waals surface area contributed by atoms with Gasteiger partial charge >= 0.3 is 5.97 Å². The molecule has 1 N–H and O–H groups in total. The van der Waals surface area contributed by atoms with Crippen LogP contribution in [0.4, 0.5) is 0 Å². The maximum atomic E-state index is 10.5. The van der Waals surface area contributed by atoms with Gasteiger partial charge in [-0.25, -0.2) is 4.79 Å². The van der Waals surface area contributed by atoms with Crippen LogP contribution < -0.4 is 9.47 Å². The minimum absolute atomic E-state index is 0.512. The van der Waals surface area contributed by atoms with E-state index < -0.39 is 5.97 Å². The number of benzene rings is 1. The Kier molecular flexibility index (Phi) is 6.64. The lowest BCUT2D eigenvalue weighted by Gasteiger charge is -2.16. The zero-order chi connectivity index (χ0) is 15.0. The van der Waals surface area contributed by atoms with Gasteiger partial charge in [0.05, 0.1) is 13.7 Å². The van der Waals surface area contributed by atoms with E-state index in [4.69, 9.17) is 14.6 Å². The second-order valence-corrected chi connectivity index (χ2v) is 4.58. The maximum Gasteiger partial charge on any atom is 0.328 e. The normalized spacial score (nSPS) is 11.0. The van der Waals surface area contributed by atoms with E-state index in [0.717, 1.165) is 24.5 Å². The number of ether oxygens (including phenoxy) is 2. The summed E-state index contributed by atoms with van der Waals surface area (Å²) in [5.74, 6) is 0.841. The summed E-state index contributed by atoms with van der Waals surface area (Å²) in [6.45, 7) is 4.91. The molecule has 0 atom stereocenters. The Morgan fingerprint density at radius 2 is 2.00 bits per heavy atom. The fourth-order valence-corrected chi connectivity index (χ4v) is 1.81. The molecule has 1 aromatic rings. The Labute approximate surface area is 120 Å². The van der Waals surface area contributed by atoms with Crippen molar-refractivity contribution < 1.29 is 19.4 Å². The molecule has 4 heteroatoms. The molecule has 0 unspecified atom stereocenters. The van der Waals surface area contributed by atoms with Crippen LogP contribution in [0.2, 0.25) is 0 Å². The predicted octanol–water partition coefficient (Wildman–Crippen LogP) is 3.61. The maximum absolute atomic E-state index is 10.5. The summed E-state index contributed by atoms with van der Waals surface area (Å²) in [5, 5.41) is 8.64. The van der Waals surface area contributed by atoms with Crippen molar-refractivity contribution in [3.05, 3.63) is 29.8 Å². The predicted molar refractivity (Wildman–Crippen MR) is 79.2 cm³/mol. The molecule has 0 aliphatic heterocycles. The number of hydrogen-bond acceptors (Lipinski definition) is 3. The molecule has 0 aromatic heterocycles. The number of carbonyl (C=O) groups is 1. The standard InChI is InChI=1S/C16H22O4/c1-4-12(5-2)11-20-15-10-13(7-9-16(17)18)6-8-14(15)19-3/h6-10,12H,4-5,11H2,1-3H3,(H,17,18)/b9-7+. The monoisotopic (exact) mass is 278 g/mol. The van der Waals surface area contributed by atoms with Crippen molar-refractivity contribution in [3.63, 3.8) is 0 Å². The summed E-state index contributed by atoms with van der Waals surface area (Å²) in [6, 6.07) is 5.37. The lowest BCUT2D eigenvalue weighted by molar-refractivity contribution is -0.131. The minimum atomic E-state index is -0.972. The van der Waals surface area contributed by atoms with Crippen LogP contribution in [0.15, 0.2) is 24.3 Å². The van der Waals surface area contributed by atoms with Gasteiger partial charge in [-0.15, -0.1) is 0 Å². The Bertz CT molecular complexity index is 462. The highest BCUT2D eigenvalue weighted by Gasteiger charge is 2.09. The summed E-state index contributed by atoms with van der Waals surface area (Å²) in [5.41, 5.74) is 0.771. The zero-order valence-electron chi connectivity index (χ0n) is 12.3. The van der Waals surface area contributed by atoms with Gasteiger partial charge in [-0.3, -0.25) is 0 Å². The lowest BCUT2D eigenvalue weighted by atomic mass is 10.1. The number of aliphatic carboxylic acids is 1. The molecule has 110 valence electrons. The van der Waals surface area contributed by atoms with Crippen molar-refractivity contribution in [3.8, 4) is 11.5 Å². The quantitative estimate of drug-likeness (QED) is 0.738. The summed E-state index contributed by atoms with van der Waals surface area (Å²) in [4.78, 5) is 10.5. The number of carboxylic acid groups (broad SMARTS) is 1. The molecule has 0 saturated heterocycles. The van der Waals surface area contributed by atoms with Gasteiger partial charge in [0.25, 0.3) is 0 Å². The van der Waals surface area contributed by atoms with Crippen LogP contribution in [0.5, 0.6) is 11.5 Å². The van der Waals surface area contributed by atoms with E-state index in [9.17, 15) is 4.79 Å². The fraction of sp³-hybridized carbons (Fsp3) is 0.438. The molecule has 0 amide bonds. The summed E-state index contributed by atoms with van der Waals surface area (Å²) < 4.78 is 11.1. The van der Waals surface area contributed by atoms with Gasteiger partial charge in [0.15, 0.2) is 11.5 Å². The van der Waals surface area contributed by atoms with Crippen LogP contribution in [0, 0.1) is 5.92 Å². The SMILES string of the molecule is CCC(CC)COc1cc(/C=C/C(=O)O)ccc1OC. The molecule has 0 saturated carbocycles. The second kappa shape index (κ2) is 8.25. The van der Waals surface area contributed by atoms with E-state index in [1.54, 1.807) is 25.3 Å². The van der Waals surface area contributed by atoms with Crippen LogP contribution in [-0.2, 0) is 4.79 Å². The van der Waals surface area contributed by atoms with Gasteiger partial charge in [-0.2, -0.15) is 0 Å². The Hall–Kier alpha value is -1.97. The largest absolute Gasteiger partial charge is 0.493 e. The highest BCUT2D eigenvalue weighted by Crippen LogP contribution is 2.29. The summed E-state index contributed by atoms with van der Waals surface area (Å²) >= 11 is 0. The number of rotatable bonds is 8. The number of carboxylic acids is 1. The van der Waals surface area contributed by atoms with Crippen molar-refractivity contribution in [2.45, 2.75) is 26.7 Å². The van der Waals surface area contributed by atoms with Gasteiger partial charge in [0.2, 0.25) is 0 Å². The number of methoxy groups -OCH3 is 1. The van der Waals surface area contributed by atoms with Gasteiger partial charge in [0.1, 0.15) is 0 Å². The number of hydrogen-bond donors (Lipinski definition) is 1. The van der Waals surface area contributed by atoms with Gasteiger partial charge in [0, 0.05) is 6.08 Å². The van der Waals surface area contributed by atoms with Crippen molar-refractivity contribution >= 4 is 12.0 Å². The molecule has 0 bridgehead atoms. The van der Waals surface area contributed by atoms with E-state index in [1.165, 1.54) is 6.08 Å². The first-order chi connectivity index (χ1) is 9.60. The highest BCUT2D eigenvalue weighted by atomic mass is 16.5. The van der Waals surface area contributed by atoms with E-state index in [0.29, 0.717) is 24.0 Å². The molecule has 0 fully saturated rings. The Balaban J connectivity index is 2.85. The van der Waals surface area contributed by atoms with E-state index in [2.05, 4.69) is 13.8 Å². The first-order valence-electron chi connectivity index (χ1n) is 6.82. The Morgan fingerprint density at radius 3 is 2.55 bits per heavy atom. The van der Waals surface area contributed by atoms with Crippen LogP contribution >= 0.6 is 0 Å². The second-order valence-electron chi connectivity index (χ2n) is 4.58. The lowest BCUT2D eigenvalue weighted by Crippen LogP contribution is -2.10. The van der Waals surface area contributed by atoms with Crippen molar-refractivity contribution in [2.75, 3.05) is 13.7 Å². The van der Waals surface area contributed by atoms with Crippen molar-refractivity contribution in [1.82, 2.24) is 0 Å². The molecule has 0 aliphatic rings. The highest BCUT2D eigenvalue weighted by molar-refractivity contribution is 5.85. The molecule has 1 aromatic carbocycles. The third kappa shape index (κ3) is 4.96. The summed E-state index contributed by atoms with van der Waals surface area (Å²) in [7, 11) is 1.59. The molecule has 0 spiro atoms. The van der Waals surface area contributed by atoms with E-state index in [1.807, 2.05) is 0 Å². The van der Waals surface area contributed by atoms with Gasteiger partial charge < -0.3 is 14.6 Å². The molecule has 0 heterocycles. The molecule has 4 nitrogen and oxygen atoms in total. The third-order valence-electron chi connectivity index (χ3n) is 3.24. The van der Waals surface area contributed by atoms with Crippen LogP contribution in [0.3, 0.4) is 0 Å². The zero-order valence-corrected chi connectivity index (χ0v) is 12.3.